The van der Waals surface area contributed by atoms with Crippen LogP contribution in [0.5, 0.6) is 0 Å². The molecule has 0 radical (unpaired) electrons. The molecule has 1 saturated heterocycles. The smallest absolute Gasteiger partial charge is 0.290 e. The topological polar surface area (TPSA) is 96.1 Å². The number of carbonyl (C=O) groups is 3. The van der Waals surface area contributed by atoms with Gasteiger partial charge in [0.25, 0.3) is 16.7 Å². The zero-order valence-electron chi connectivity index (χ0n) is 11.9. The monoisotopic (exact) mass is 328 g/mol. The summed E-state index contributed by atoms with van der Waals surface area (Å²) in [5, 5.41) is 1.85. The van der Waals surface area contributed by atoms with Crippen molar-refractivity contribution in [1.82, 2.24) is 10.3 Å². The predicted molar refractivity (Wildman–Crippen MR) is 86.5 cm³/mol. The molecular weight excluding hydrogens is 312 g/mol. The van der Waals surface area contributed by atoms with Gasteiger partial charge in [0.1, 0.15) is 6.29 Å². The van der Waals surface area contributed by atoms with Crippen molar-refractivity contribution in [2.75, 3.05) is 0 Å². The Morgan fingerprint density at radius 1 is 1.10 bits per heavy atom. The van der Waals surface area contributed by atoms with Crippen molar-refractivity contribution in [3.8, 4) is 0 Å². The molecule has 1 aromatic heterocycles. The Bertz CT molecular complexity index is 700. The Kier molecular flexibility index (Phi) is 8.98. The Labute approximate surface area is 129 Å². The number of aromatic nitrogens is 1. The van der Waals surface area contributed by atoms with Crippen LogP contribution in [0.25, 0.3) is 12.7 Å². The zero-order chi connectivity index (χ0) is 16.4. The van der Waals surface area contributed by atoms with Gasteiger partial charge in [0.05, 0.1) is 14.1 Å². The number of hydrogen-bond donors (Lipinski definition) is 2. The van der Waals surface area contributed by atoms with Gasteiger partial charge in [-0.3, -0.25) is 19.7 Å². The second kappa shape index (κ2) is 9.89. The SMILES string of the molecule is C/C=C1/SC(=O)NC1=O.C=c1[nH]c(=O)/c(=C\C)s1.CC=O. The van der Waals surface area contributed by atoms with E-state index in [1.54, 1.807) is 19.1 Å². The molecule has 0 aliphatic carbocycles. The van der Waals surface area contributed by atoms with E-state index in [1.807, 2.05) is 6.92 Å². The number of thioether (sulfide) groups is 1. The van der Waals surface area contributed by atoms with E-state index in [0.717, 1.165) is 22.6 Å². The summed E-state index contributed by atoms with van der Waals surface area (Å²) in [4.78, 5) is 43.6. The number of nitrogens with one attached hydrogen (secondary N) is 2. The molecule has 2 N–H and O–H groups in total. The first-order valence-electron chi connectivity index (χ1n) is 5.83. The summed E-state index contributed by atoms with van der Waals surface area (Å²) >= 11 is 2.31. The van der Waals surface area contributed by atoms with Gasteiger partial charge in [-0.25, -0.2) is 0 Å². The van der Waals surface area contributed by atoms with E-state index < -0.39 is 0 Å². The average Bonchev–Trinajstić information content (AvgIpc) is 2.92. The van der Waals surface area contributed by atoms with Crippen LogP contribution in [0.15, 0.2) is 15.8 Å². The van der Waals surface area contributed by atoms with Crippen LogP contribution < -0.4 is 20.1 Å². The van der Waals surface area contributed by atoms with Gasteiger partial charge in [0.15, 0.2) is 0 Å². The number of imide groups is 1. The Hall–Kier alpha value is -1.93. The maximum absolute atomic E-state index is 10.8. The fourth-order valence-electron chi connectivity index (χ4n) is 1.10. The van der Waals surface area contributed by atoms with Gasteiger partial charge in [0, 0.05) is 0 Å². The Balaban J connectivity index is 0.000000322. The zero-order valence-corrected chi connectivity index (χ0v) is 13.5. The van der Waals surface area contributed by atoms with Gasteiger partial charge in [-0.05, 0) is 32.5 Å². The molecule has 1 aromatic rings. The molecule has 0 bridgehead atoms. The third-order valence-electron chi connectivity index (χ3n) is 1.88. The van der Waals surface area contributed by atoms with Crippen molar-refractivity contribution in [3.05, 3.63) is 30.5 Å². The normalized spacial score (nSPS) is 15.8. The molecule has 0 unspecified atom stereocenters. The Morgan fingerprint density at radius 2 is 1.67 bits per heavy atom. The lowest BCUT2D eigenvalue weighted by molar-refractivity contribution is -0.115. The van der Waals surface area contributed by atoms with Crippen LogP contribution in [0.4, 0.5) is 4.79 Å². The molecule has 1 fully saturated rings. The molecule has 2 rings (SSSR count). The van der Waals surface area contributed by atoms with E-state index in [4.69, 9.17) is 4.79 Å². The highest BCUT2D eigenvalue weighted by molar-refractivity contribution is 8.18. The third-order valence-corrected chi connectivity index (χ3v) is 3.79. The summed E-state index contributed by atoms with van der Waals surface area (Å²) in [7, 11) is 0. The number of allylic oxidation sites excluding steroid dienone is 1. The molecule has 2 heterocycles. The van der Waals surface area contributed by atoms with E-state index in [0.29, 0.717) is 9.57 Å². The minimum atomic E-state index is -0.285. The molecule has 0 saturated carbocycles. The van der Waals surface area contributed by atoms with Crippen molar-refractivity contribution in [2.24, 2.45) is 0 Å². The van der Waals surface area contributed by atoms with E-state index in [-0.39, 0.29) is 16.7 Å². The number of aromatic amines is 1. The van der Waals surface area contributed by atoms with Gasteiger partial charge < -0.3 is 9.78 Å². The van der Waals surface area contributed by atoms with Gasteiger partial charge in [0.2, 0.25) is 0 Å². The summed E-state index contributed by atoms with van der Waals surface area (Å²) < 4.78 is 1.45. The summed E-state index contributed by atoms with van der Waals surface area (Å²) in [6, 6.07) is 0. The molecule has 0 atom stereocenters. The fraction of sp³-hybridized carbons (Fsp3) is 0.231. The minimum Gasteiger partial charge on any atom is -0.313 e. The van der Waals surface area contributed by atoms with Gasteiger partial charge in [-0.1, -0.05) is 18.7 Å². The first-order chi connectivity index (χ1) is 9.89. The number of aldehydes is 1. The van der Waals surface area contributed by atoms with Crippen molar-refractivity contribution < 1.29 is 14.4 Å². The van der Waals surface area contributed by atoms with Crippen LogP contribution in [0.2, 0.25) is 0 Å². The molecule has 114 valence electrons. The quantitative estimate of drug-likeness (QED) is 0.540. The lowest BCUT2D eigenvalue weighted by atomic mass is 10.5. The summed E-state index contributed by atoms with van der Waals surface area (Å²) in [5.74, 6) is -0.285. The molecule has 2 amide bonds. The number of rotatable bonds is 0. The highest BCUT2D eigenvalue weighted by Crippen LogP contribution is 2.21. The lowest BCUT2D eigenvalue weighted by Crippen LogP contribution is -2.18. The number of hydrogen-bond acceptors (Lipinski definition) is 6. The maximum atomic E-state index is 10.8. The largest absolute Gasteiger partial charge is 0.313 e. The van der Waals surface area contributed by atoms with E-state index in [1.165, 1.54) is 18.3 Å². The van der Waals surface area contributed by atoms with Crippen molar-refractivity contribution >= 4 is 53.2 Å². The molecular formula is C13H16N2O4S2. The van der Waals surface area contributed by atoms with Crippen molar-refractivity contribution in [2.45, 2.75) is 20.8 Å². The number of thiazole rings is 1. The van der Waals surface area contributed by atoms with Crippen LogP contribution in [0, 0.1) is 0 Å². The first-order valence-corrected chi connectivity index (χ1v) is 7.46. The van der Waals surface area contributed by atoms with Gasteiger partial charge >= 0.3 is 0 Å². The van der Waals surface area contributed by atoms with Crippen LogP contribution in [-0.2, 0) is 9.59 Å². The average molecular weight is 328 g/mol. The maximum Gasteiger partial charge on any atom is 0.290 e. The highest BCUT2D eigenvalue weighted by atomic mass is 32.2. The number of H-pyrrole nitrogens is 1. The van der Waals surface area contributed by atoms with Gasteiger partial charge in [-0.15, -0.1) is 11.3 Å². The molecule has 6 nitrogen and oxygen atoms in total. The first kappa shape index (κ1) is 19.1. The molecule has 8 heteroatoms. The molecule has 0 aromatic carbocycles. The van der Waals surface area contributed by atoms with Crippen LogP contribution in [-0.4, -0.2) is 22.4 Å². The van der Waals surface area contributed by atoms with E-state index >= 15 is 0 Å². The predicted octanol–water partition coefficient (Wildman–Crippen LogP) is 0.725. The van der Waals surface area contributed by atoms with Crippen LogP contribution in [0.1, 0.15) is 20.8 Å². The third kappa shape index (κ3) is 6.87. The van der Waals surface area contributed by atoms with Gasteiger partial charge in [-0.2, -0.15) is 0 Å². The fourth-order valence-corrected chi connectivity index (χ4v) is 2.37. The Morgan fingerprint density at radius 3 is 1.86 bits per heavy atom. The van der Waals surface area contributed by atoms with Crippen LogP contribution >= 0.6 is 23.1 Å². The standard InChI is InChI=1S/C6H7NOS.C5H5NO2S.C2H4O/c1-3-5-6(8)7-4(2)9-5;1-2-3-4(7)6-5(8)9-3;1-2-3/h3H,2H2,1H3,(H,7,8);2H,1H3,(H,6,7,8);2H,1H3/b5-3+;3-2+;. The summed E-state index contributed by atoms with van der Waals surface area (Å²) in [6.07, 6.45) is 4.14. The number of carbonyl (C=O) groups excluding carboxylic acids is 3. The minimum absolute atomic E-state index is 0.0347. The molecule has 1 aliphatic rings. The molecule has 0 spiro atoms. The van der Waals surface area contributed by atoms with E-state index in [9.17, 15) is 14.4 Å². The van der Waals surface area contributed by atoms with Crippen LogP contribution in [0.3, 0.4) is 0 Å². The molecule has 1 aliphatic heterocycles. The lowest BCUT2D eigenvalue weighted by Gasteiger charge is -1.81. The summed E-state index contributed by atoms with van der Waals surface area (Å²) in [6.45, 7) is 8.59. The number of amides is 2. The van der Waals surface area contributed by atoms with E-state index in [2.05, 4.69) is 16.9 Å². The van der Waals surface area contributed by atoms with Crippen molar-refractivity contribution in [3.63, 3.8) is 0 Å². The highest BCUT2D eigenvalue weighted by Gasteiger charge is 2.23. The second-order valence-corrected chi connectivity index (χ2v) is 5.52. The molecule has 21 heavy (non-hydrogen) atoms. The van der Waals surface area contributed by atoms with Crippen molar-refractivity contribution in [1.29, 1.82) is 0 Å². The second-order valence-electron chi connectivity index (χ2n) is 3.36. The summed E-state index contributed by atoms with van der Waals surface area (Å²) in [5.41, 5.74) is -0.0347.